The van der Waals surface area contributed by atoms with E-state index >= 15 is 0 Å². The smallest absolute Gasteiger partial charge is 0.221 e. The summed E-state index contributed by atoms with van der Waals surface area (Å²) in [5, 5.41) is 4.44. The molecule has 3 heterocycles. The Balaban J connectivity index is 2.05. The highest BCUT2D eigenvalue weighted by molar-refractivity contribution is 14.1. The van der Waals surface area contributed by atoms with Gasteiger partial charge in [-0.2, -0.15) is 10.1 Å². The number of nitrogen functional groups attached to an aromatic ring is 1. The second-order valence-electron chi connectivity index (χ2n) is 3.83. The lowest BCUT2D eigenvalue weighted by Gasteiger charge is -2.28. The number of rotatable bonds is 1. The van der Waals surface area contributed by atoms with Gasteiger partial charge in [0.2, 0.25) is 5.95 Å². The van der Waals surface area contributed by atoms with Crippen LogP contribution < -0.4 is 10.6 Å². The molecule has 17 heavy (non-hydrogen) atoms. The molecular formula is C10H11IN6. The maximum Gasteiger partial charge on any atom is 0.221 e. The van der Waals surface area contributed by atoms with Gasteiger partial charge in [0.15, 0.2) is 0 Å². The molecule has 0 aromatic carbocycles. The molecule has 2 aromatic rings. The van der Waals surface area contributed by atoms with Crippen LogP contribution in [-0.2, 0) is 6.54 Å². The third kappa shape index (κ3) is 1.94. The molecule has 7 heteroatoms. The molecule has 0 atom stereocenters. The summed E-state index contributed by atoms with van der Waals surface area (Å²) in [6.45, 7) is 1.88. The van der Waals surface area contributed by atoms with Crippen LogP contribution in [-0.4, -0.2) is 26.3 Å². The molecule has 2 aromatic heterocycles. The third-order valence-electron chi connectivity index (χ3n) is 2.69. The van der Waals surface area contributed by atoms with Crippen molar-refractivity contribution < 1.29 is 0 Å². The second-order valence-corrected chi connectivity index (χ2v) is 4.93. The van der Waals surface area contributed by atoms with Crippen molar-refractivity contribution in [1.82, 2.24) is 19.7 Å². The van der Waals surface area contributed by atoms with Gasteiger partial charge in [-0.3, -0.25) is 0 Å². The minimum absolute atomic E-state index is 0.300. The second kappa shape index (κ2) is 4.13. The van der Waals surface area contributed by atoms with E-state index in [1.54, 1.807) is 6.20 Å². The lowest BCUT2D eigenvalue weighted by atomic mass is 10.3. The quantitative estimate of drug-likeness (QED) is 0.794. The third-order valence-corrected chi connectivity index (χ3v) is 3.22. The summed E-state index contributed by atoms with van der Waals surface area (Å²) in [7, 11) is 0. The summed E-state index contributed by atoms with van der Waals surface area (Å²) in [6.07, 6.45) is 2.73. The van der Waals surface area contributed by atoms with Crippen molar-refractivity contribution in [3.05, 3.63) is 22.0 Å². The lowest BCUT2D eigenvalue weighted by molar-refractivity contribution is 0.538. The van der Waals surface area contributed by atoms with Gasteiger partial charge in [-0.1, -0.05) is 0 Å². The van der Waals surface area contributed by atoms with Crippen LogP contribution >= 0.6 is 22.6 Å². The highest BCUT2D eigenvalue weighted by atomic mass is 127. The van der Waals surface area contributed by atoms with Gasteiger partial charge in [0.25, 0.3) is 0 Å². The zero-order valence-electron chi connectivity index (χ0n) is 9.04. The van der Waals surface area contributed by atoms with E-state index in [4.69, 9.17) is 5.73 Å². The Kier molecular flexibility index (Phi) is 2.61. The molecule has 0 radical (unpaired) electrons. The Labute approximate surface area is 112 Å². The van der Waals surface area contributed by atoms with Crippen molar-refractivity contribution >= 4 is 40.2 Å². The lowest BCUT2D eigenvalue weighted by Crippen LogP contribution is -2.28. The van der Waals surface area contributed by atoms with Gasteiger partial charge in [0.05, 0.1) is 0 Å². The van der Waals surface area contributed by atoms with E-state index in [0.717, 1.165) is 34.8 Å². The first-order valence-corrected chi connectivity index (χ1v) is 6.41. The van der Waals surface area contributed by atoms with E-state index in [2.05, 4.69) is 48.6 Å². The fourth-order valence-electron chi connectivity index (χ4n) is 2.00. The number of aromatic nitrogens is 4. The van der Waals surface area contributed by atoms with Gasteiger partial charge >= 0.3 is 0 Å². The molecule has 0 aliphatic carbocycles. The summed E-state index contributed by atoms with van der Waals surface area (Å²) >= 11 is 2.22. The average molecular weight is 342 g/mol. The van der Waals surface area contributed by atoms with E-state index < -0.39 is 0 Å². The molecule has 0 saturated heterocycles. The fraction of sp³-hybridized carbons (Fsp3) is 0.300. The Bertz CT molecular complexity index is 551. The number of halogens is 1. The predicted molar refractivity (Wildman–Crippen MR) is 73.0 cm³/mol. The van der Waals surface area contributed by atoms with Crippen LogP contribution in [0.2, 0.25) is 0 Å². The molecule has 0 saturated carbocycles. The van der Waals surface area contributed by atoms with Crippen molar-refractivity contribution in [2.24, 2.45) is 0 Å². The zero-order chi connectivity index (χ0) is 11.8. The molecule has 0 bridgehead atoms. The molecule has 0 spiro atoms. The first kappa shape index (κ1) is 10.8. The van der Waals surface area contributed by atoms with Crippen LogP contribution in [0.4, 0.5) is 17.6 Å². The summed E-state index contributed by atoms with van der Waals surface area (Å²) in [5.74, 6) is 2.20. The van der Waals surface area contributed by atoms with Crippen LogP contribution in [0.5, 0.6) is 0 Å². The number of hydrogen-bond donors (Lipinski definition) is 1. The monoisotopic (exact) mass is 342 g/mol. The van der Waals surface area contributed by atoms with Gasteiger partial charge in [0, 0.05) is 25.4 Å². The molecule has 88 valence electrons. The van der Waals surface area contributed by atoms with Crippen LogP contribution in [0.25, 0.3) is 0 Å². The predicted octanol–water partition coefficient (Wildman–Crippen LogP) is 1.40. The summed E-state index contributed by atoms with van der Waals surface area (Å²) in [4.78, 5) is 10.3. The Morgan fingerprint density at radius 3 is 3.06 bits per heavy atom. The summed E-state index contributed by atoms with van der Waals surface area (Å²) in [6, 6.07) is 3.92. The Hall–Kier alpha value is -1.38. The van der Waals surface area contributed by atoms with Gasteiger partial charge in [-0.25, -0.2) is 9.67 Å². The maximum absolute atomic E-state index is 5.62. The molecule has 2 N–H and O–H groups in total. The summed E-state index contributed by atoms with van der Waals surface area (Å²) < 4.78 is 3.00. The van der Waals surface area contributed by atoms with Crippen LogP contribution in [0.3, 0.4) is 0 Å². The molecule has 0 amide bonds. The van der Waals surface area contributed by atoms with E-state index in [0.29, 0.717) is 5.95 Å². The molecule has 6 nitrogen and oxygen atoms in total. The number of nitrogens with two attached hydrogens (primary N) is 1. The minimum atomic E-state index is 0.300. The normalized spacial score (nSPS) is 14.8. The van der Waals surface area contributed by atoms with Crippen molar-refractivity contribution in [3.63, 3.8) is 0 Å². The van der Waals surface area contributed by atoms with Crippen LogP contribution in [0.15, 0.2) is 18.3 Å². The highest BCUT2D eigenvalue weighted by Crippen LogP contribution is 2.28. The number of fused-ring (bicyclic) bond motifs is 1. The Morgan fingerprint density at radius 1 is 1.35 bits per heavy atom. The number of aryl methyl sites for hydroxylation is 1. The van der Waals surface area contributed by atoms with Crippen molar-refractivity contribution in [2.75, 3.05) is 17.2 Å². The van der Waals surface area contributed by atoms with E-state index in [-0.39, 0.29) is 0 Å². The molecule has 0 fully saturated rings. The first-order valence-electron chi connectivity index (χ1n) is 5.33. The molecular weight excluding hydrogens is 331 g/mol. The Morgan fingerprint density at radius 2 is 2.24 bits per heavy atom. The van der Waals surface area contributed by atoms with Crippen molar-refractivity contribution in [2.45, 2.75) is 13.0 Å². The van der Waals surface area contributed by atoms with Crippen molar-refractivity contribution in [3.8, 4) is 0 Å². The van der Waals surface area contributed by atoms with Crippen LogP contribution in [0, 0.1) is 3.70 Å². The molecule has 3 rings (SSSR count). The van der Waals surface area contributed by atoms with E-state index in [1.807, 2.05) is 10.7 Å². The van der Waals surface area contributed by atoms with Gasteiger partial charge in [-0.05, 0) is 35.1 Å². The summed E-state index contributed by atoms with van der Waals surface area (Å²) in [5.41, 5.74) is 5.62. The van der Waals surface area contributed by atoms with Gasteiger partial charge in [-0.15, -0.1) is 0 Å². The average Bonchev–Trinajstić information content (AvgIpc) is 2.68. The molecule has 1 aliphatic rings. The largest absolute Gasteiger partial charge is 0.368 e. The molecule has 0 unspecified atom stereocenters. The topological polar surface area (TPSA) is 72.9 Å². The molecule has 1 aliphatic heterocycles. The first-order chi connectivity index (χ1) is 8.24. The van der Waals surface area contributed by atoms with E-state index in [1.165, 1.54) is 0 Å². The number of nitrogens with zero attached hydrogens (tertiary/aromatic N) is 5. The highest BCUT2D eigenvalue weighted by Gasteiger charge is 2.21. The maximum atomic E-state index is 5.62. The number of anilines is 3. The fourth-order valence-corrected chi connectivity index (χ4v) is 2.54. The van der Waals surface area contributed by atoms with E-state index in [9.17, 15) is 0 Å². The van der Waals surface area contributed by atoms with Crippen molar-refractivity contribution in [1.29, 1.82) is 0 Å². The van der Waals surface area contributed by atoms with Gasteiger partial charge < -0.3 is 10.6 Å². The zero-order valence-corrected chi connectivity index (χ0v) is 11.2. The number of hydrogen-bond acceptors (Lipinski definition) is 5. The minimum Gasteiger partial charge on any atom is -0.368 e. The SMILES string of the molecule is Nc1nccc(N2CCCn3nc(I)cc32)n1. The van der Waals surface area contributed by atoms with Gasteiger partial charge in [0.1, 0.15) is 15.3 Å². The van der Waals surface area contributed by atoms with Crippen LogP contribution in [0.1, 0.15) is 6.42 Å². The standard InChI is InChI=1S/C10H11IN6/c11-7-6-9-16(4-1-5-17(9)15-7)8-2-3-13-10(12)14-8/h2-3,6H,1,4-5H2,(H2,12,13,14).